The molecular formula is C17H20F2N2. The third-order valence-electron chi connectivity index (χ3n) is 3.60. The van der Waals surface area contributed by atoms with E-state index in [1.54, 1.807) is 19.3 Å². The smallest absolute Gasteiger partial charge is 0.134 e. The van der Waals surface area contributed by atoms with Crippen molar-refractivity contribution >= 4 is 0 Å². The number of aromatic nitrogens is 1. The molecule has 1 heterocycles. The molecule has 0 fully saturated rings. The SMILES string of the molecule is CCCNC(c1cnccc1C)c1c(F)ccc(C)c1F. The summed E-state index contributed by atoms with van der Waals surface area (Å²) >= 11 is 0. The summed E-state index contributed by atoms with van der Waals surface area (Å²) in [6.07, 6.45) is 4.23. The minimum Gasteiger partial charge on any atom is -0.306 e. The highest BCUT2D eigenvalue weighted by molar-refractivity contribution is 5.38. The van der Waals surface area contributed by atoms with Gasteiger partial charge < -0.3 is 5.32 Å². The molecule has 0 aliphatic rings. The van der Waals surface area contributed by atoms with Gasteiger partial charge in [-0.2, -0.15) is 0 Å². The highest BCUT2D eigenvalue weighted by Gasteiger charge is 2.24. The molecule has 0 amide bonds. The maximum Gasteiger partial charge on any atom is 0.134 e. The molecule has 21 heavy (non-hydrogen) atoms. The van der Waals surface area contributed by atoms with Crippen molar-refractivity contribution in [3.05, 3.63) is 64.5 Å². The van der Waals surface area contributed by atoms with E-state index in [2.05, 4.69) is 10.3 Å². The van der Waals surface area contributed by atoms with Crippen LogP contribution in [-0.4, -0.2) is 11.5 Å². The van der Waals surface area contributed by atoms with Gasteiger partial charge in [0.1, 0.15) is 11.6 Å². The highest BCUT2D eigenvalue weighted by Crippen LogP contribution is 2.29. The molecule has 2 nitrogen and oxygen atoms in total. The second-order valence-corrected chi connectivity index (χ2v) is 5.21. The molecule has 1 aromatic carbocycles. The van der Waals surface area contributed by atoms with E-state index in [0.717, 1.165) is 17.5 Å². The van der Waals surface area contributed by atoms with Gasteiger partial charge in [0, 0.05) is 18.0 Å². The van der Waals surface area contributed by atoms with Crippen LogP contribution in [0.4, 0.5) is 8.78 Å². The van der Waals surface area contributed by atoms with Gasteiger partial charge in [-0.15, -0.1) is 0 Å². The third-order valence-corrected chi connectivity index (χ3v) is 3.60. The number of benzene rings is 1. The van der Waals surface area contributed by atoms with Gasteiger partial charge in [-0.3, -0.25) is 4.98 Å². The zero-order valence-electron chi connectivity index (χ0n) is 12.6. The van der Waals surface area contributed by atoms with Gasteiger partial charge in [0.2, 0.25) is 0 Å². The Hall–Kier alpha value is -1.81. The van der Waals surface area contributed by atoms with Gasteiger partial charge in [-0.1, -0.05) is 13.0 Å². The van der Waals surface area contributed by atoms with Crippen LogP contribution < -0.4 is 5.32 Å². The maximum atomic E-state index is 14.5. The Morgan fingerprint density at radius 2 is 1.90 bits per heavy atom. The highest BCUT2D eigenvalue weighted by atomic mass is 19.1. The van der Waals surface area contributed by atoms with Gasteiger partial charge in [-0.25, -0.2) is 8.78 Å². The summed E-state index contributed by atoms with van der Waals surface area (Å²) in [7, 11) is 0. The number of nitrogens with zero attached hydrogens (tertiary/aromatic N) is 1. The van der Waals surface area contributed by atoms with Gasteiger partial charge >= 0.3 is 0 Å². The summed E-state index contributed by atoms with van der Waals surface area (Å²) in [5, 5.41) is 3.23. The fraction of sp³-hybridized carbons (Fsp3) is 0.353. The Kier molecular flexibility index (Phi) is 5.02. The number of pyridine rings is 1. The fourth-order valence-electron chi connectivity index (χ4n) is 2.38. The second-order valence-electron chi connectivity index (χ2n) is 5.21. The van der Waals surface area contributed by atoms with Crippen molar-refractivity contribution in [2.75, 3.05) is 6.54 Å². The molecule has 2 aromatic rings. The standard InChI is InChI=1S/C17H20F2N2/c1-4-8-21-17(13-10-20-9-7-11(13)2)15-14(18)6-5-12(3)16(15)19/h5-7,9-10,17,21H,4,8H2,1-3H3. The molecule has 0 aliphatic heterocycles. The minimum absolute atomic E-state index is 0.0690. The molecule has 112 valence electrons. The molecule has 0 saturated heterocycles. The van der Waals surface area contributed by atoms with Crippen molar-refractivity contribution < 1.29 is 8.78 Å². The van der Waals surface area contributed by atoms with E-state index in [4.69, 9.17) is 0 Å². The van der Waals surface area contributed by atoms with E-state index in [9.17, 15) is 8.78 Å². The molecule has 2 rings (SSSR count). The van der Waals surface area contributed by atoms with Crippen LogP contribution in [-0.2, 0) is 0 Å². The van der Waals surface area contributed by atoms with Crippen LogP contribution in [0.25, 0.3) is 0 Å². The van der Waals surface area contributed by atoms with Crippen LogP contribution in [0.1, 0.15) is 41.6 Å². The van der Waals surface area contributed by atoms with Crippen LogP contribution in [0.2, 0.25) is 0 Å². The average Bonchev–Trinajstić information content (AvgIpc) is 2.47. The quantitative estimate of drug-likeness (QED) is 0.898. The second kappa shape index (κ2) is 6.76. The van der Waals surface area contributed by atoms with Crippen LogP contribution in [0.15, 0.2) is 30.6 Å². The van der Waals surface area contributed by atoms with E-state index in [-0.39, 0.29) is 5.56 Å². The largest absolute Gasteiger partial charge is 0.306 e. The lowest BCUT2D eigenvalue weighted by Crippen LogP contribution is -2.26. The molecule has 0 aliphatic carbocycles. The van der Waals surface area contributed by atoms with Crippen LogP contribution in [0, 0.1) is 25.5 Å². The number of hydrogen-bond donors (Lipinski definition) is 1. The summed E-state index contributed by atoms with van der Waals surface area (Å²) in [5.41, 5.74) is 2.27. The Bertz CT molecular complexity index is 626. The lowest BCUT2D eigenvalue weighted by Gasteiger charge is -2.22. The predicted octanol–water partition coefficient (Wildman–Crippen LogP) is 4.07. The molecular weight excluding hydrogens is 270 g/mol. The van der Waals surface area contributed by atoms with Crippen molar-refractivity contribution in [3.8, 4) is 0 Å². The Morgan fingerprint density at radius 1 is 1.14 bits per heavy atom. The van der Waals surface area contributed by atoms with E-state index < -0.39 is 17.7 Å². The van der Waals surface area contributed by atoms with Crippen LogP contribution in [0.3, 0.4) is 0 Å². The van der Waals surface area contributed by atoms with E-state index in [0.29, 0.717) is 12.1 Å². The van der Waals surface area contributed by atoms with E-state index in [1.165, 1.54) is 12.1 Å². The first-order valence-corrected chi connectivity index (χ1v) is 7.14. The molecule has 0 bridgehead atoms. The van der Waals surface area contributed by atoms with Crippen LogP contribution >= 0.6 is 0 Å². The topological polar surface area (TPSA) is 24.9 Å². The lowest BCUT2D eigenvalue weighted by atomic mass is 9.94. The van der Waals surface area contributed by atoms with Crippen molar-refractivity contribution in [2.45, 2.75) is 33.2 Å². The molecule has 0 spiro atoms. The minimum atomic E-state index is -0.532. The number of hydrogen-bond acceptors (Lipinski definition) is 2. The first kappa shape index (κ1) is 15.6. The predicted molar refractivity (Wildman–Crippen MR) is 80.2 cm³/mol. The average molecular weight is 290 g/mol. The summed E-state index contributed by atoms with van der Waals surface area (Å²) in [6.45, 7) is 6.25. The van der Waals surface area contributed by atoms with Crippen LogP contribution in [0.5, 0.6) is 0 Å². The number of nitrogens with one attached hydrogen (secondary N) is 1. The number of aryl methyl sites for hydroxylation is 2. The fourth-order valence-corrected chi connectivity index (χ4v) is 2.38. The molecule has 0 radical (unpaired) electrons. The van der Waals surface area contributed by atoms with E-state index in [1.807, 2.05) is 19.9 Å². The molecule has 1 atom stereocenters. The molecule has 1 aromatic heterocycles. The van der Waals surface area contributed by atoms with E-state index >= 15 is 0 Å². The summed E-state index contributed by atoms with van der Waals surface area (Å²) in [5.74, 6) is -1.03. The maximum absolute atomic E-state index is 14.5. The van der Waals surface area contributed by atoms with Gasteiger partial charge in [0.25, 0.3) is 0 Å². The molecule has 1 unspecified atom stereocenters. The first-order valence-electron chi connectivity index (χ1n) is 7.14. The van der Waals surface area contributed by atoms with Crippen molar-refractivity contribution in [2.24, 2.45) is 0 Å². The normalized spacial score (nSPS) is 12.4. The molecule has 0 saturated carbocycles. The number of rotatable bonds is 5. The first-order chi connectivity index (χ1) is 10.1. The monoisotopic (exact) mass is 290 g/mol. The zero-order valence-corrected chi connectivity index (χ0v) is 12.6. The van der Waals surface area contributed by atoms with Gasteiger partial charge in [0.15, 0.2) is 0 Å². The van der Waals surface area contributed by atoms with Crippen molar-refractivity contribution in [1.29, 1.82) is 0 Å². The molecule has 4 heteroatoms. The number of halogens is 2. The summed E-state index contributed by atoms with van der Waals surface area (Å²) < 4.78 is 28.7. The zero-order chi connectivity index (χ0) is 15.4. The Morgan fingerprint density at radius 3 is 2.57 bits per heavy atom. The Balaban J connectivity index is 2.56. The third kappa shape index (κ3) is 3.27. The lowest BCUT2D eigenvalue weighted by molar-refractivity contribution is 0.498. The summed E-state index contributed by atoms with van der Waals surface area (Å²) in [6, 6.07) is 4.10. The van der Waals surface area contributed by atoms with Gasteiger partial charge in [-0.05, 0) is 55.6 Å². The molecule has 1 N–H and O–H groups in total. The Labute approximate surface area is 124 Å². The van der Waals surface area contributed by atoms with Gasteiger partial charge in [0.05, 0.1) is 6.04 Å². The van der Waals surface area contributed by atoms with Crippen molar-refractivity contribution in [1.82, 2.24) is 10.3 Å². The summed E-state index contributed by atoms with van der Waals surface area (Å²) in [4.78, 5) is 4.10. The van der Waals surface area contributed by atoms with Crippen molar-refractivity contribution in [3.63, 3.8) is 0 Å².